The molecule has 0 N–H and O–H groups in total. The first-order valence-electron chi connectivity index (χ1n) is 7.28. The molecule has 3 rings (SSSR count). The summed E-state index contributed by atoms with van der Waals surface area (Å²) in [5, 5.41) is 7.31. The van der Waals surface area contributed by atoms with Crippen LogP contribution in [0.25, 0.3) is 0 Å². The molecule has 0 radical (unpaired) electrons. The van der Waals surface area contributed by atoms with E-state index >= 15 is 0 Å². The predicted octanol–water partition coefficient (Wildman–Crippen LogP) is 2.25. The highest BCUT2D eigenvalue weighted by Gasteiger charge is 2.21. The second kappa shape index (κ2) is 6.37. The van der Waals surface area contributed by atoms with Gasteiger partial charge in [-0.2, -0.15) is 8.42 Å². The molecule has 3 aromatic rings. The van der Waals surface area contributed by atoms with E-state index in [1.165, 1.54) is 12.1 Å². The lowest BCUT2D eigenvalue weighted by atomic mass is 10.1. The predicted molar refractivity (Wildman–Crippen MR) is 88.3 cm³/mol. The third-order valence-electron chi connectivity index (χ3n) is 3.53. The van der Waals surface area contributed by atoms with E-state index in [1.54, 1.807) is 12.1 Å². The van der Waals surface area contributed by atoms with E-state index in [0.717, 1.165) is 21.4 Å². The fraction of sp³-hybridized carbons (Fsp3) is 0.118. The molecule has 0 aliphatic heterocycles. The Balaban J connectivity index is 1.84. The van der Waals surface area contributed by atoms with Crippen molar-refractivity contribution < 1.29 is 13.2 Å². The summed E-state index contributed by atoms with van der Waals surface area (Å²) in [5.41, 5.74) is 1.80. The molecule has 7 heteroatoms. The maximum atomic E-state index is 12.5. The third kappa shape index (κ3) is 3.26. The Hall–Kier alpha value is -2.80. The van der Waals surface area contributed by atoms with Crippen LogP contribution < -0.4 is 0 Å². The first kappa shape index (κ1) is 16.1. The molecule has 24 heavy (non-hydrogen) atoms. The minimum atomic E-state index is -3.85. The van der Waals surface area contributed by atoms with E-state index in [2.05, 4.69) is 10.3 Å². The van der Waals surface area contributed by atoms with Crippen LogP contribution in [0.3, 0.4) is 0 Å². The number of carbonyl (C=O) groups is 1. The number of nitrogens with zero attached hydrogens (tertiary/aromatic N) is 3. The highest BCUT2D eigenvalue weighted by atomic mass is 32.2. The second-order valence-electron chi connectivity index (χ2n) is 5.38. The van der Waals surface area contributed by atoms with Gasteiger partial charge in [0, 0.05) is 6.42 Å². The van der Waals surface area contributed by atoms with Crippen LogP contribution >= 0.6 is 0 Å². The molecular weight excluding hydrogens is 326 g/mol. The molecule has 0 unspecified atom stereocenters. The van der Waals surface area contributed by atoms with E-state index in [-0.39, 0.29) is 22.8 Å². The molecular formula is C17H15N3O3S. The van der Waals surface area contributed by atoms with Crippen LogP contribution in [0.15, 0.2) is 65.7 Å². The number of hydrogen-bond acceptors (Lipinski definition) is 5. The maximum Gasteiger partial charge on any atom is 0.284 e. The van der Waals surface area contributed by atoms with Crippen LogP contribution in [0.5, 0.6) is 0 Å². The normalized spacial score (nSPS) is 11.4. The summed E-state index contributed by atoms with van der Waals surface area (Å²) in [5.74, 6) is -0.286. The van der Waals surface area contributed by atoms with Crippen molar-refractivity contribution in [3.05, 3.63) is 77.6 Å². The smallest absolute Gasteiger partial charge is 0.284 e. The van der Waals surface area contributed by atoms with Crippen LogP contribution in [0, 0.1) is 6.92 Å². The lowest BCUT2D eigenvalue weighted by Gasteiger charge is -2.03. The van der Waals surface area contributed by atoms with E-state index in [4.69, 9.17) is 0 Å². The zero-order valence-electron chi connectivity index (χ0n) is 13.0. The van der Waals surface area contributed by atoms with Gasteiger partial charge in [0.15, 0.2) is 5.78 Å². The van der Waals surface area contributed by atoms with Gasteiger partial charge in [0.05, 0.1) is 11.1 Å². The molecule has 6 nitrogen and oxygen atoms in total. The van der Waals surface area contributed by atoms with Crippen molar-refractivity contribution in [1.82, 2.24) is 14.4 Å². The minimum Gasteiger partial charge on any atom is -0.292 e. The Morgan fingerprint density at radius 3 is 2.38 bits per heavy atom. The van der Waals surface area contributed by atoms with Gasteiger partial charge < -0.3 is 0 Å². The molecule has 1 aromatic heterocycles. The van der Waals surface area contributed by atoms with Crippen molar-refractivity contribution in [3.63, 3.8) is 0 Å². The average molecular weight is 341 g/mol. The summed E-state index contributed by atoms with van der Waals surface area (Å²) in [4.78, 5) is 12.3. The average Bonchev–Trinajstić information content (AvgIpc) is 3.07. The summed E-state index contributed by atoms with van der Waals surface area (Å²) >= 11 is 0. The molecule has 0 aliphatic carbocycles. The molecule has 2 aromatic carbocycles. The summed E-state index contributed by atoms with van der Waals surface area (Å²) in [7, 11) is -3.85. The molecule has 0 saturated heterocycles. The summed E-state index contributed by atoms with van der Waals surface area (Å²) in [6.07, 6.45) is 1.30. The van der Waals surface area contributed by atoms with Crippen molar-refractivity contribution in [2.45, 2.75) is 18.2 Å². The summed E-state index contributed by atoms with van der Waals surface area (Å²) in [6, 6.07) is 15.6. The molecule has 122 valence electrons. The van der Waals surface area contributed by atoms with Crippen molar-refractivity contribution in [1.29, 1.82) is 0 Å². The van der Waals surface area contributed by atoms with Crippen LogP contribution in [0.4, 0.5) is 0 Å². The van der Waals surface area contributed by atoms with Gasteiger partial charge in [-0.15, -0.1) is 9.19 Å². The molecule has 0 bridgehead atoms. The first-order chi connectivity index (χ1) is 11.5. The molecule has 0 spiro atoms. The van der Waals surface area contributed by atoms with Gasteiger partial charge in [-0.25, -0.2) is 0 Å². The number of hydrogen-bond donors (Lipinski definition) is 0. The zero-order valence-corrected chi connectivity index (χ0v) is 13.8. The van der Waals surface area contributed by atoms with Gasteiger partial charge in [0.25, 0.3) is 10.0 Å². The van der Waals surface area contributed by atoms with E-state index < -0.39 is 10.0 Å². The number of rotatable bonds is 5. The second-order valence-corrected chi connectivity index (χ2v) is 7.18. The van der Waals surface area contributed by atoms with Gasteiger partial charge in [-0.3, -0.25) is 4.79 Å². The van der Waals surface area contributed by atoms with Crippen molar-refractivity contribution in [2.75, 3.05) is 0 Å². The van der Waals surface area contributed by atoms with E-state index in [1.807, 2.05) is 37.3 Å². The first-order valence-corrected chi connectivity index (χ1v) is 8.72. The maximum absolute atomic E-state index is 12.5. The Morgan fingerprint density at radius 2 is 1.71 bits per heavy atom. The monoisotopic (exact) mass is 341 g/mol. The molecule has 0 fully saturated rings. The molecule has 0 aliphatic rings. The molecule has 0 amide bonds. The van der Waals surface area contributed by atoms with Crippen LogP contribution in [0.2, 0.25) is 0 Å². The Kier molecular flexibility index (Phi) is 4.26. The number of Topliss-reactive ketones (excluding diaryl/α,β-unsaturated/α-hetero) is 1. The fourth-order valence-corrected chi connectivity index (χ4v) is 3.25. The molecule has 1 heterocycles. The largest absolute Gasteiger partial charge is 0.292 e. The van der Waals surface area contributed by atoms with Crippen LogP contribution in [0.1, 0.15) is 21.6 Å². The van der Waals surface area contributed by atoms with Crippen LogP contribution in [-0.2, 0) is 16.4 Å². The third-order valence-corrected chi connectivity index (χ3v) is 5.07. The van der Waals surface area contributed by atoms with Gasteiger partial charge in [0.1, 0.15) is 5.69 Å². The van der Waals surface area contributed by atoms with Gasteiger partial charge >= 0.3 is 0 Å². The minimum absolute atomic E-state index is 0.0227. The van der Waals surface area contributed by atoms with Gasteiger partial charge in [0.2, 0.25) is 0 Å². The molecule has 0 atom stereocenters. The van der Waals surface area contributed by atoms with Gasteiger partial charge in [-0.05, 0) is 24.6 Å². The SMILES string of the molecule is Cc1ccc(S(=O)(=O)n2cc(C(=O)Cc3ccccc3)nn2)cc1. The van der Waals surface area contributed by atoms with Crippen molar-refractivity contribution in [2.24, 2.45) is 0 Å². The van der Waals surface area contributed by atoms with Crippen LogP contribution in [-0.4, -0.2) is 28.6 Å². The lowest BCUT2D eigenvalue weighted by Crippen LogP contribution is -2.13. The van der Waals surface area contributed by atoms with E-state index in [9.17, 15) is 13.2 Å². The highest BCUT2D eigenvalue weighted by Crippen LogP contribution is 2.14. The van der Waals surface area contributed by atoms with E-state index in [0.29, 0.717) is 0 Å². The number of ketones is 1. The Morgan fingerprint density at radius 1 is 1.04 bits per heavy atom. The van der Waals surface area contributed by atoms with Gasteiger partial charge in [-0.1, -0.05) is 53.2 Å². The van der Waals surface area contributed by atoms with Crippen molar-refractivity contribution >= 4 is 15.8 Å². The highest BCUT2D eigenvalue weighted by molar-refractivity contribution is 7.89. The Bertz CT molecular complexity index is 962. The number of carbonyl (C=O) groups excluding carboxylic acids is 1. The number of aromatic nitrogens is 3. The standard InChI is InChI=1S/C17H15N3O3S/c1-13-7-9-15(10-8-13)24(22,23)20-12-16(18-19-20)17(21)11-14-5-3-2-4-6-14/h2-10,12H,11H2,1H3. The topological polar surface area (TPSA) is 81.9 Å². The number of benzene rings is 2. The number of aryl methyl sites for hydroxylation is 1. The zero-order chi connectivity index (χ0) is 17.2. The molecule has 0 saturated carbocycles. The quantitative estimate of drug-likeness (QED) is 0.665. The van der Waals surface area contributed by atoms with Crippen molar-refractivity contribution in [3.8, 4) is 0 Å². The fourth-order valence-electron chi connectivity index (χ4n) is 2.18. The Labute approximate surface area is 139 Å². The lowest BCUT2D eigenvalue weighted by molar-refractivity contribution is 0.0988. The summed E-state index contributed by atoms with van der Waals surface area (Å²) < 4.78 is 25.7. The summed E-state index contributed by atoms with van der Waals surface area (Å²) in [6.45, 7) is 1.87.